The molecule has 0 radical (unpaired) electrons. The molecule has 0 amide bonds. The van der Waals surface area contributed by atoms with Crippen LogP contribution < -0.4 is 0 Å². The van der Waals surface area contributed by atoms with Crippen LogP contribution in [0.4, 0.5) is 0 Å². The van der Waals surface area contributed by atoms with Gasteiger partial charge in [-0.1, -0.05) is 29.8 Å². The summed E-state index contributed by atoms with van der Waals surface area (Å²) in [5.74, 6) is 0. The van der Waals surface area contributed by atoms with Crippen LogP contribution in [0.3, 0.4) is 0 Å². The first kappa shape index (κ1) is 13.2. The number of alkyl halides is 1. The van der Waals surface area contributed by atoms with E-state index in [0.29, 0.717) is 0 Å². The van der Waals surface area contributed by atoms with Crippen molar-refractivity contribution in [2.45, 2.75) is 44.4 Å². The van der Waals surface area contributed by atoms with E-state index in [9.17, 15) is 0 Å². The van der Waals surface area contributed by atoms with Crippen molar-refractivity contribution in [2.24, 2.45) is 0 Å². The summed E-state index contributed by atoms with van der Waals surface area (Å²) >= 11 is 8.54. The van der Waals surface area contributed by atoms with Gasteiger partial charge in [0.1, 0.15) is 0 Å². The van der Waals surface area contributed by atoms with E-state index in [1.807, 2.05) is 11.3 Å². The Morgan fingerprint density at radius 1 is 1.16 bits per heavy atom. The lowest BCUT2D eigenvalue weighted by Crippen LogP contribution is -1.96. The molecule has 1 aromatic heterocycles. The summed E-state index contributed by atoms with van der Waals surface area (Å²) in [5, 5.41) is 0.123. The third kappa shape index (κ3) is 3.04. The molecular weight excluding hydrogens is 272 g/mol. The number of benzene rings is 1. The third-order valence-corrected chi connectivity index (χ3v) is 5.73. The molecule has 0 nitrogen and oxygen atoms in total. The lowest BCUT2D eigenvalue weighted by molar-refractivity contribution is 0.697. The van der Waals surface area contributed by atoms with Crippen molar-refractivity contribution in [1.29, 1.82) is 0 Å². The summed E-state index contributed by atoms with van der Waals surface area (Å²) in [6, 6.07) is 11.1. The minimum atomic E-state index is 0.123. The Morgan fingerprint density at radius 3 is 2.63 bits per heavy atom. The summed E-state index contributed by atoms with van der Waals surface area (Å²) < 4.78 is 0. The molecule has 1 aliphatic carbocycles. The van der Waals surface area contributed by atoms with Crippen molar-refractivity contribution in [3.8, 4) is 0 Å². The van der Waals surface area contributed by atoms with E-state index in [-0.39, 0.29) is 5.38 Å². The van der Waals surface area contributed by atoms with Gasteiger partial charge < -0.3 is 0 Å². The lowest BCUT2D eigenvalue weighted by Gasteiger charge is -2.08. The van der Waals surface area contributed by atoms with E-state index in [2.05, 4.69) is 37.3 Å². The number of fused-ring (bicyclic) bond motifs is 1. The van der Waals surface area contributed by atoms with E-state index in [1.165, 1.54) is 41.7 Å². The van der Waals surface area contributed by atoms with E-state index in [1.54, 1.807) is 10.4 Å². The molecule has 1 atom stereocenters. The Kier molecular flexibility index (Phi) is 3.95. The first-order valence-electron chi connectivity index (χ1n) is 7.03. The number of rotatable bonds is 3. The predicted molar refractivity (Wildman–Crippen MR) is 84.4 cm³/mol. The zero-order valence-corrected chi connectivity index (χ0v) is 12.9. The molecule has 0 aliphatic heterocycles. The molecule has 1 heterocycles. The Balaban J connectivity index is 1.74. The Bertz CT molecular complexity index is 530. The summed E-state index contributed by atoms with van der Waals surface area (Å²) in [4.78, 5) is 2.94. The molecule has 0 fully saturated rings. The molecule has 1 aliphatic rings. The van der Waals surface area contributed by atoms with E-state index >= 15 is 0 Å². The van der Waals surface area contributed by atoms with E-state index in [4.69, 9.17) is 11.6 Å². The molecule has 2 heteroatoms. The summed E-state index contributed by atoms with van der Waals surface area (Å²) in [7, 11) is 0. The number of halogens is 1. The summed E-state index contributed by atoms with van der Waals surface area (Å²) in [5.41, 5.74) is 4.19. The van der Waals surface area contributed by atoms with Crippen molar-refractivity contribution in [3.63, 3.8) is 0 Å². The first-order valence-corrected chi connectivity index (χ1v) is 8.29. The molecule has 100 valence electrons. The highest BCUT2D eigenvalue weighted by Crippen LogP contribution is 2.36. The number of hydrogen-bond donors (Lipinski definition) is 0. The standard InChI is InChI=1S/C17H19ClS/c1-12-6-8-13(9-7-12)10-15(18)17-11-14-4-2-3-5-16(14)19-17/h6-9,11,15H,2-5,10H2,1H3. The van der Waals surface area contributed by atoms with E-state index in [0.717, 1.165) is 6.42 Å². The van der Waals surface area contributed by atoms with Gasteiger partial charge in [0.05, 0.1) is 5.38 Å². The first-order chi connectivity index (χ1) is 9.22. The van der Waals surface area contributed by atoms with Crippen molar-refractivity contribution >= 4 is 22.9 Å². The van der Waals surface area contributed by atoms with Gasteiger partial charge in [-0.2, -0.15) is 0 Å². The summed E-state index contributed by atoms with van der Waals surface area (Å²) in [6.07, 6.45) is 6.13. The van der Waals surface area contributed by atoms with Crippen LogP contribution in [-0.4, -0.2) is 0 Å². The fraction of sp³-hybridized carbons (Fsp3) is 0.412. The number of thiophene rings is 1. The topological polar surface area (TPSA) is 0 Å². The largest absolute Gasteiger partial charge is 0.144 e. The van der Waals surface area contributed by atoms with Crippen molar-refractivity contribution < 1.29 is 0 Å². The zero-order valence-electron chi connectivity index (χ0n) is 11.3. The van der Waals surface area contributed by atoms with Gasteiger partial charge in [0.2, 0.25) is 0 Å². The second kappa shape index (κ2) is 5.68. The van der Waals surface area contributed by atoms with Crippen LogP contribution in [0.25, 0.3) is 0 Å². The second-order valence-corrected chi connectivity index (χ2v) is 7.16. The third-order valence-electron chi connectivity index (χ3n) is 3.86. The average molecular weight is 291 g/mol. The molecule has 0 saturated carbocycles. The summed E-state index contributed by atoms with van der Waals surface area (Å²) in [6.45, 7) is 2.12. The number of aryl methyl sites for hydroxylation is 3. The van der Waals surface area contributed by atoms with Crippen LogP contribution in [0.2, 0.25) is 0 Å². The molecule has 0 N–H and O–H groups in total. The Labute approximate surface area is 124 Å². The Hall–Kier alpha value is -0.790. The minimum absolute atomic E-state index is 0.123. The maximum absolute atomic E-state index is 6.61. The normalized spacial score (nSPS) is 16.1. The monoisotopic (exact) mass is 290 g/mol. The van der Waals surface area contributed by atoms with Crippen molar-refractivity contribution in [1.82, 2.24) is 0 Å². The molecule has 0 saturated heterocycles. The molecule has 19 heavy (non-hydrogen) atoms. The van der Waals surface area contributed by atoms with Gasteiger partial charge >= 0.3 is 0 Å². The van der Waals surface area contributed by atoms with Gasteiger partial charge in [-0.15, -0.1) is 22.9 Å². The van der Waals surface area contributed by atoms with Crippen LogP contribution in [-0.2, 0) is 19.3 Å². The molecule has 3 rings (SSSR count). The van der Waals surface area contributed by atoms with Crippen LogP contribution in [0.5, 0.6) is 0 Å². The van der Waals surface area contributed by atoms with Crippen LogP contribution in [0.1, 0.15) is 44.7 Å². The average Bonchev–Trinajstić information content (AvgIpc) is 2.85. The van der Waals surface area contributed by atoms with Crippen molar-refractivity contribution in [3.05, 3.63) is 56.8 Å². The highest BCUT2D eigenvalue weighted by atomic mass is 35.5. The molecule has 2 aromatic rings. The van der Waals surface area contributed by atoms with Crippen LogP contribution >= 0.6 is 22.9 Å². The predicted octanol–water partition coefficient (Wildman–Crippen LogP) is 5.46. The van der Waals surface area contributed by atoms with Gasteiger partial charge in [-0.25, -0.2) is 0 Å². The van der Waals surface area contributed by atoms with Gasteiger partial charge in [0.15, 0.2) is 0 Å². The molecular formula is C17H19ClS. The zero-order chi connectivity index (χ0) is 13.2. The van der Waals surface area contributed by atoms with Gasteiger partial charge in [-0.05, 0) is 56.2 Å². The molecule has 0 spiro atoms. The van der Waals surface area contributed by atoms with Crippen LogP contribution in [0.15, 0.2) is 30.3 Å². The fourth-order valence-corrected chi connectivity index (χ4v) is 4.31. The van der Waals surface area contributed by atoms with Gasteiger partial charge in [-0.3, -0.25) is 0 Å². The second-order valence-electron chi connectivity index (χ2n) is 5.46. The van der Waals surface area contributed by atoms with Crippen molar-refractivity contribution in [2.75, 3.05) is 0 Å². The van der Waals surface area contributed by atoms with Crippen LogP contribution in [0, 0.1) is 6.92 Å². The fourth-order valence-electron chi connectivity index (χ4n) is 2.70. The lowest BCUT2D eigenvalue weighted by atomic mass is 9.98. The maximum atomic E-state index is 6.61. The molecule has 1 unspecified atom stereocenters. The highest BCUT2D eigenvalue weighted by molar-refractivity contribution is 7.12. The molecule has 1 aromatic carbocycles. The minimum Gasteiger partial charge on any atom is -0.144 e. The quantitative estimate of drug-likeness (QED) is 0.659. The van der Waals surface area contributed by atoms with Gasteiger partial charge in [0, 0.05) is 9.75 Å². The smallest absolute Gasteiger partial charge is 0.0719 e. The van der Waals surface area contributed by atoms with E-state index < -0.39 is 0 Å². The molecule has 0 bridgehead atoms. The maximum Gasteiger partial charge on any atom is 0.0719 e. The van der Waals surface area contributed by atoms with Gasteiger partial charge in [0.25, 0.3) is 0 Å². The Morgan fingerprint density at radius 2 is 1.89 bits per heavy atom. The number of hydrogen-bond acceptors (Lipinski definition) is 1. The highest BCUT2D eigenvalue weighted by Gasteiger charge is 2.17. The SMILES string of the molecule is Cc1ccc(CC(Cl)c2cc3c(s2)CCCC3)cc1.